The second kappa shape index (κ2) is 10.7. The van der Waals surface area contributed by atoms with Crippen molar-refractivity contribution >= 4 is 16.6 Å². The molecule has 0 aromatic heterocycles. The molecule has 6 nitrogen and oxygen atoms in total. The summed E-state index contributed by atoms with van der Waals surface area (Å²) in [5.41, 5.74) is 2.30. The van der Waals surface area contributed by atoms with E-state index >= 15 is 0 Å². The van der Waals surface area contributed by atoms with Gasteiger partial charge in [-0.25, -0.2) is 0 Å². The van der Waals surface area contributed by atoms with Gasteiger partial charge in [0, 0.05) is 78.5 Å². The molecule has 8 heteroatoms. The van der Waals surface area contributed by atoms with E-state index in [0.717, 1.165) is 0 Å². The molecule has 3 aliphatic heterocycles. The van der Waals surface area contributed by atoms with Gasteiger partial charge in [0.2, 0.25) is 0 Å². The van der Waals surface area contributed by atoms with Gasteiger partial charge in [0.1, 0.15) is 0 Å². The van der Waals surface area contributed by atoms with Gasteiger partial charge in [-0.1, -0.05) is 25.6 Å². The zero-order chi connectivity index (χ0) is 21.8. The van der Waals surface area contributed by atoms with Crippen molar-refractivity contribution in [1.82, 2.24) is 28.4 Å². The van der Waals surface area contributed by atoms with Gasteiger partial charge in [-0.05, 0) is 27.2 Å². The fourth-order valence-corrected chi connectivity index (χ4v) is 12.6. The van der Waals surface area contributed by atoms with Crippen molar-refractivity contribution < 1.29 is 0 Å². The van der Waals surface area contributed by atoms with Gasteiger partial charge < -0.3 is 14.7 Å². The van der Waals surface area contributed by atoms with Crippen molar-refractivity contribution in [3.8, 4) is 0 Å². The normalized spacial score (nSPS) is 25.6. The lowest BCUT2D eigenvalue weighted by molar-refractivity contribution is 0.120. The summed E-state index contributed by atoms with van der Waals surface area (Å²) in [6.07, 6.45) is 1.38. The highest BCUT2D eigenvalue weighted by Crippen LogP contribution is 2.32. The number of piperazine rings is 3. The average molecular weight is 453 g/mol. The first-order chi connectivity index (χ1) is 14.3. The minimum Gasteiger partial charge on any atom is -0.304 e. The molecule has 3 saturated heterocycles. The molecule has 0 spiro atoms. The first-order valence-electron chi connectivity index (χ1n) is 12.2. The van der Waals surface area contributed by atoms with Crippen LogP contribution in [0, 0.1) is 0 Å². The highest BCUT2D eigenvalue weighted by atomic mass is 28.4. The molecule has 0 radical (unpaired) electrons. The maximum absolute atomic E-state index is 4.17. The van der Waals surface area contributed by atoms with Crippen LogP contribution in [0.5, 0.6) is 0 Å². The quantitative estimate of drug-likeness (QED) is 0.516. The standard InChI is InChI=1S/C22H48N6Si2/c1-7-29(5,6)21-8-22-30(26-15-9-23(2)10-16-26,27-17-11-24(3)12-18-27)28-19-13-25(4)14-20-28/h7H,1,8-22H2,2-6H3. The molecule has 0 aromatic carbocycles. The van der Waals surface area contributed by atoms with E-state index in [0.29, 0.717) is 0 Å². The summed E-state index contributed by atoms with van der Waals surface area (Å²) in [4.78, 5) is 7.58. The van der Waals surface area contributed by atoms with Crippen LogP contribution < -0.4 is 0 Å². The van der Waals surface area contributed by atoms with Crippen molar-refractivity contribution in [2.45, 2.75) is 31.6 Å². The molecule has 0 bridgehead atoms. The van der Waals surface area contributed by atoms with Crippen LogP contribution in [0.4, 0.5) is 0 Å². The van der Waals surface area contributed by atoms with Crippen molar-refractivity contribution in [2.75, 3.05) is 99.7 Å². The lowest BCUT2D eigenvalue weighted by Gasteiger charge is -2.58. The van der Waals surface area contributed by atoms with E-state index < -0.39 is 16.6 Å². The number of rotatable bonds is 8. The lowest BCUT2D eigenvalue weighted by atomic mass is 10.4. The van der Waals surface area contributed by atoms with Crippen molar-refractivity contribution in [3.05, 3.63) is 12.3 Å². The van der Waals surface area contributed by atoms with Crippen LogP contribution in [0.2, 0.25) is 25.2 Å². The first-order valence-corrected chi connectivity index (χ1v) is 17.5. The predicted molar refractivity (Wildman–Crippen MR) is 135 cm³/mol. The topological polar surface area (TPSA) is 19.4 Å². The van der Waals surface area contributed by atoms with Crippen LogP contribution in [0.25, 0.3) is 0 Å². The summed E-state index contributed by atoms with van der Waals surface area (Å²) in [7, 11) is 3.75. The zero-order valence-electron chi connectivity index (χ0n) is 20.6. The third kappa shape index (κ3) is 5.83. The van der Waals surface area contributed by atoms with Crippen LogP contribution in [-0.4, -0.2) is 145 Å². The van der Waals surface area contributed by atoms with Gasteiger partial charge in [0.05, 0.1) is 8.07 Å². The first kappa shape index (κ1) is 24.6. The van der Waals surface area contributed by atoms with Gasteiger partial charge in [-0.3, -0.25) is 13.7 Å². The Morgan fingerprint density at radius 1 is 0.600 bits per heavy atom. The molecular formula is C22H48N6Si2. The fourth-order valence-electron chi connectivity index (χ4n) is 5.45. The van der Waals surface area contributed by atoms with E-state index in [-0.39, 0.29) is 0 Å². The van der Waals surface area contributed by atoms with E-state index in [2.05, 4.69) is 74.9 Å². The molecule has 3 aliphatic rings. The van der Waals surface area contributed by atoms with Crippen LogP contribution in [0.3, 0.4) is 0 Å². The zero-order valence-corrected chi connectivity index (χ0v) is 22.6. The van der Waals surface area contributed by atoms with Crippen molar-refractivity contribution in [2.24, 2.45) is 0 Å². The number of likely N-dealkylation sites (N-methyl/N-ethyl adjacent to an activating group) is 3. The maximum atomic E-state index is 4.17. The maximum Gasteiger partial charge on any atom is 0.289 e. The Morgan fingerprint density at radius 2 is 0.933 bits per heavy atom. The molecule has 30 heavy (non-hydrogen) atoms. The molecule has 3 fully saturated rings. The van der Waals surface area contributed by atoms with E-state index in [9.17, 15) is 0 Å². The highest BCUT2D eigenvalue weighted by molar-refractivity contribution is 6.82. The van der Waals surface area contributed by atoms with Crippen LogP contribution in [-0.2, 0) is 0 Å². The molecule has 0 unspecified atom stereocenters. The van der Waals surface area contributed by atoms with Crippen LogP contribution >= 0.6 is 0 Å². The summed E-state index contributed by atoms with van der Waals surface area (Å²) in [5, 5.41) is 0. The predicted octanol–water partition coefficient (Wildman–Crippen LogP) is 1.49. The summed E-state index contributed by atoms with van der Waals surface area (Å²) in [5.74, 6) is 0. The smallest absolute Gasteiger partial charge is 0.289 e. The van der Waals surface area contributed by atoms with Crippen molar-refractivity contribution in [1.29, 1.82) is 0 Å². The molecule has 0 aromatic rings. The molecule has 3 heterocycles. The molecule has 0 amide bonds. The van der Waals surface area contributed by atoms with E-state index in [1.165, 1.54) is 97.0 Å². The molecule has 3 rings (SSSR count). The Kier molecular flexibility index (Phi) is 8.76. The summed E-state index contributed by atoms with van der Waals surface area (Å²) in [6.45, 7) is 24.0. The second-order valence-corrected chi connectivity index (χ2v) is 19.5. The second-order valence-electron chi connectivity index (χ2n) is 10.7. The SMILES string of the molecule is C=C[Si](C)(C)CCC[Si](N1CCN(C)CC1)(N1CCN(C)CC1)N1CCN(C)CC1. The minimum atomic E-state index is -1.89. The van der Waals surface area contributed by atoms with Crippen molar-refractivity contribution in [3.63, 3.8) is 0 Å². The number of hydrogen-bond acceptors (Lipinski definition) is 6. The van der Waals surface area contributed by atoms with Gasteiger partial charge in [0.25, 0.3) is 8.56 Å². The van der Waals surface area contributed by atoms with Gasteiger partial charge in [0.15, 0.2) is 0 Å². The molecule has 0 atom stereocenters. The molecule has 0 saturated carbocycles. The Morgan fingerprint density at radius 3 is 1.23 bits per heavy atom. The molecule has 174 valence electrons. The average Bonchev–Trinajstić information content (AvgIpc) is 2.73. The summed E-state index contributed by atoms with van der Waals surface area (Å²) >= 11 is 0. The lowest BCUT2D eigenvalue weighted by Crippen LogP contribution is -2.80. The Balaban J connectivity index is 1.88. The Labute approximate surface area is 188 Å². The molecule has 0 aliphatic carbocycles. The van der Waals surface area contributed by atoms with E-state index in [4.69, 9.17) is 0 Å². The third-order valence-electron chi connectivity index (χ3n) is 7.92. The summed E-state index contributed by atoms with van der Waals surface area (Å²) in [6, 6.07) is 2.80. The summed E-state index contributed by atoms with van der Waals surface area (Å²) < 4.78 is 9.06. The van der Waals surface area contributed by atoms with E-state index in [1.54, 1.807) is 0 Å². The minimum absolute atomic E-state index is 1.23. The largest absolute Gasteiger partial charge is 0.304 e. The molecular weight excluding hydrogens is 404 g/mol. The third-order valence-corrected chi connectivity index (χ3v) is 16.1. The fraction of sp³-hybridized carbons (Fsp3) is 0.909. The van der Waals surface area contributed by atoms with Crippen LogP contribution in [0.15, 0.2) is 12.3 Å². The van der Waals surface area contributed by atoms with Gasteiger partial charge >= 0.3 is 0 Å². The Bertz CT molecular complexity index is 481. The van der Waals surface area contributed by atoms with Gasteiger partial charge in [-0.15, -0.1) is 12.3 Å². The van der Waals surface area contributed by atoms with Gasteiger partial charge in [-0.2, -0.15) is 0 Å². The van der Waals surface area contributed by atoms with E-state index in [1.807, 2.05) is 0 Å². The number of hydrogen-bond donors (Lipinski definition) is 0. The molecule has 0 N–H and O–H groups in total. The highest BCUT2D eigenvalue weighted by Gasteiger charge is 2.52. The van der Waals surface area contributed by atoms with Crippen LogP contribution in [0.1, 0.15) is 6.42 Å². The Hall–Kier alpha value is -0.0662. The number of nitrogens with zero attached hydrogens (tertiary/aromatic N) is 6. The monoisotopic (exact) mass is 452 g/mol.